The zero-order chi connectivity index (χ0) is 9.35. The molecule has 70 valence electrons. The second-order valence-corrected chi connectivity index (χ2v) is 4.12. The molecule has 4 heteroatoms. The van der Waals surface area contributed by atoms with E-state index in [1.54, 1.807) is 0 Å². The fraction of sp³-hybridized carbons (Fsp3) is 0.875. The molecule has 1 saturated heterocycles. The Kier molecular flexibility index (Phi) is 2.28. The van der Waals surface area contributed by atoms with Gasteiger partial charge in [0.15, 0.2) is 0 Å². The van der Waals surface area contributed by atoms with Crippen molar-refractivity contribution in [2.24, 2.45) is 5.41 Å². The summed E-state index contributed by atoms with van der Waals surface area (Å²) in [7, 11) is 0. The fourth-order valence-electron chi connectivity index (χ4n) is 1.79. The Morgan fingerprint density at radius 2 is 2.25 bits per heavy atom. The van der Waals surface area contributed by atoms with Gasteiger partial charge in [0.2, 0.25) is 0 Å². The molecule has 1 aliphatic rings. The van der Waals surface area contributed by atoms with E-state index in [2.05, 4.69) is 0 Å². The molecule has 0 bridgehead atoms. The summed E-state index contributed by atoms with van der Waals surface area (Å²) in [6.45, 7) is 4.47. The number of nitrogens with zero attached hydrogens (tertiary/aromatic N) is 1. The Bertz CT molecular complexity index is 191. The third-order valence-corrected chi connectivity index (χ3v) is 2.28. The van der Waals surface area contributed by atoms with Crippen molar-refractivity contribution in [3.63, 3.8) is 0 Å². The van der Waals surface area contributed by atoms with Crippen LogP contribution >= 0.6 is 0 Å². The second-order valence-electron chi connectivity index (χ2n) is 4.12. The number of hydrogen-bond acceptors (Lipinski definition) is 2. The molecule has 1 amide bonds. The number of amides is 1. The minimum atomic E-state index is -0.931. The highest BCUT2D eigenvalue weighted by Crippen LogP contribution is 2.33. The predicted octanol–water partition coefficient (Wildman–Crippen LogP) is 0.757. The van der Waals surface area contributed by atoms with Crippen LogP contribution in [0.15, 0.2) is 0 Å². The summed E-state index contributed by atoms with van der Waals surface area (Å²) in [4.78, 5) is 12.0. The molecule has 12 heavy (non-hydrogen) atoms. The van der Waals surface area contributed by atoms with Gasteiger partial charge in [0, 0.05) is 6.54 Å². The van der Waals surface area contributed by atoms with Crippen molar-refractivity contribution in [2.45, 2.75) is 26.3 Å². The Hall–Kier alpha value is -0.770. The fourth-order valence-corrected chi connectivity index (χ4v) is 1.79. The molecule has 0 radical (unpaired) electrons. The third kappa shape index (κ3) is 1.69. The van der Waals surface area contributed by atoms with Gasteiger partial charge in [-0.2, -0.15) is 0 Å². The van der Waals surface area contributed by atoms with Crippen LogP contribution in [0.25, 0.3) is 0 Å². The third-order valence-electron chi connectivity index (χ3n) is 2.28. The number of hydrogen-bond donors (Lipinski definition) is 2. The van der Waals surface area contributed by atoms with Crippen LogP contribution in [0.4, 0.5) is 4.79 Å². The smallest absolute Gasteiger partial charge is 0.407 e. The van der Waals surface area contributed by atoms with Crippen LogP contribution in [0.2, 0.25) is 0 Å². The van der Waals surface area contributed by atoms with Crippen molar-refractivity contribution >= 4 is 6.09 Å². The second kappa shape index (κ2) is 2.94. The maximum atomic E-state index is 10.7. The number of aliphatic hydroxyl groups is 1. The van der Waals surface area contributed by atoms with Crippen LogP contribution in [-0.4, -0.2) is 40.4 Å². The summed E-state index contributed by atoms with van der Waals surface area (Å²) in [5.41, 5.74) is 0.00574. The van der Waals surface area contributed by atoms with Gasteiger partial charge in [-0.15, -0.1) is 0 Å². The molecule has 4 nitrogen and oxygen atoms in total. The Morgan fingerprint density at radius 1 is 1.67 bits per heavy atom. The molecule has 0 aromatic carbocycles. The lowest BCUT2D eigenvalue weighted by atomic mass is 9.91. The van der Waals surface area contributed by atoms with E-state index in [0.717, 1.165) is 6.42 Å². The van der Waals surface area contributed by atoms with Gasteiger partial charge >= 0.3 is 6.09 Å². The van der Waals surface area contributed by atoms with E-state index in [0.29, 0.717) is 6.54 Å². The van der Waals surface area contributed by atoms with E-state index in [4.69, 9.17) is 10.2 Å². The van der Waals surface area contributed by atoms with Crippen molar-refractivity contribution in [1.82, 2.24) is 4.90 Å². The van der Waals surface area contributed by atoms with Gasteiger partial charge in [0.1, 0.15) is 0 Å². The van der Waals surface area contributed by atoms with E-state index < -0.39 is 6.09 Å². The number of carboxylic acid groups (broad SMARTS) is 1. The molecule has 1 unspecified atom stereocenters. The maximum Gasteiger partial charge on any atom is 0.407 e. The Balaban J connectivity index is 2.69. The highest BCUT2D eigenvalue weighted by molar-refractivity contribution is 5.66. The standard InChI is InChI=1S/C8H15NO3/c1-8(2)3-6(4-10)9(5-8)7(11)12/h6,10H,3-5H2,1-2H3,(H,11,12). The molecule has 0 spiro atoms. The normalized spacial score (nSPS) is 27.6. The number of carbonyl (C=O) groups is 1. The first-order valence-corrected chi connectivity index (χ1v) is 4.07. The Morgan fingerprint density at radius 3 is 2.58 bits per heavy atom. The van der Waals surface area contributed by atoms with E-state index in [9.17, 15) is 4.79 Å². The van der Waals surface area contributed by atoms with Crippen LogP contribution in [0.3, 0.4) is 0 Å². The first-order valence-electron chi connectivity index (χ1n) is 4.07. The molecular formula is C8H15NO3. The van der Waals surface area contributed by atoms with Gasteiger partial charge in [0.05, 0.1) is 12.6 Å². The summed E-state index contributed by atoms with van der Waals surface area (Å²) in [5, 5.41) is 17.7. The number of aliphatic hydroxyl groups excluding tert-OH is 1. The minimum absolute atomic E-state index is 0.00574. The van der Waals surface area contributed by atoms with Crippen molar-refractivity contribution in [2.75, 3.05) is 13.2 Å². The van der Waals surface area contributed by atoms with Gasteiger partial charge in [-0.05, 0) is 11.8 Å². The molecule has 0 aliphatic carbocycles. The summed E-state index contributed by atoms with van der Waals surface area (Å²) < 4.78 is 0. The van der Waals surface area contributed by atoms with Crippen LogP contribution in [0.5, 0.6) is 0 Å². The van der Waals surface area contributed by atoms with Gasteiger partial charge in [-0.3, -0.25) is 0 Å². The van der Waals surface area contributed by atoms with Crippen molar-refractivity contribution in [3.05, 3.63) is 0 Å². The van der Waals surface area contributed by atoms with Crippen LogP contribution in [0, 0.1) is 5.41 Å². The first kappa shape index (κ1) is 9.32. The average Bonchev–Trinajstić information content (AvgIpc) is 2.25. The number of rotatable bonds is 1. The quantitative estimate of drug-likeness (QED) is 0.615. The van der Waals surface area contributed by atoms with Crippen LogP contribution in [0.1, 0.15) is 20.3 Å². The molecule has 1 fully saturated rings. The maximum absolute atomic E-state index is 10.7. The SMILES string of the molecule is CC1(C)CC(CO)N(C(=O)O)C1. The summed E-state index contributed by atoms with van der Waals surface area (Å²) in [6.07, 6.45) is -0.185. The highest BCUT2D eigenvalue weighted by atomic mass is 16.4. The molecule has 0 aromatic rings. The predicted molar refractivity (Wildman–Crippen MR) is 44.0 cm³/mol. The molecule has 0 saturated carbocycles. The first-order chi connectivity index (χ1) is 5.46. The van der Waals surface area contributed by atoms with E-state index in [1.807, 2.05) is 13.8 Å². The van der Waals surface area contributed by atoms with E-state index in [-0.39, 0.29) is 18.1 Å². The average molecular weight is 173 g/mol. The summed E-state index contributed by atoms with van der Waals surface area (Å²) >= 11 is 0. The minimum Gasteiger partial charge on any atom is -0.465 e. The van der Waals surface area contributed by atoms with Crippen LogP contribution < -0.4 is 0 Å². The molecule has 1 atom stereocenters. The summed E-state index contributed by atoms with van der Waals surface area (Å²) in [6, 6.07) is -0.211. The van der Waals surface area contributed by atoms with Gasteiger partial charge in [0.25, 0.3) is 0 Å². The molecule has 1 rings (SSSR count). The topological polar surface area (TPSA) is 60.8 Å². The van der Waals surface area contributed by atoms with Crippen molar-refractivity contribution in [3.8, 4) is 0 Å². The van der Waals surface area contributed by atoms with E-state index >= 15 is 0 Å². The molecule has 2 N–H and O–H groups in total. The zero-order valence-corrected chi connectivity index (χ0v) is 7.45. The lowest BCUT2D eigenvalue weighted by Gasteiger charge is -2.19. The molecular weight excluding hydrogens is 158 g/mol. The lowest BCUT2D eigenvalue weighted by Crippen LogP contribution is -2.36. The summed E-state index contributed by atoms with van der Waals surface area (Å²) in [5.74, 6) is 0. The van der Waals surface area contributed by atoms with Crippen LogP contribution in [-0.2, 0) is 0 Å². The molecule has 0 aromatic heterocycles. The number of likely N-dealkylation sites (tertiary alicyclic amines) is 1. The highest BCUT2D eigenvalue weighted by Gasteiger charge is 2.39. The van der Waals surface area contributed by atoms with E-state index in [1.165, 1.54) is 4.90 Å². The molecule has 1 heterocycles. The van der Waals surface area contributed by atoms with Gasteiger partial charge in [-0.1, -0.05) is 13.8 Å². The Labute approximate surface area is 71.8 Å². The monoisotopic (exact) mass is 173 g/mol. The van der Waals surface area contributed by atoms with Gasteiger partial charge in [-0.25, -0.2) is 4.79 Å². The molecule has 1 aliphatic heterocycles. The zero-order valence-electron chi connectivity index (χ0n) is 7.45. The van der Waals surface area contributed by atoms with Gasteiger partial charge < -0.3 is 15.1 Å². The van der Waals surface area contributed by atoms with Crippen molar-refractivity contribution < 1.29 is 15.0 Å². The van der Waals surface area contributed by atoms with Crippen molar-refractivity contribution in [1.29, 1.82) is 0 Å². The lowest BCUT2D eigenvalue weighted by molar-refractivity contribution is 0.117. The largest absolute Gasteiger partial charge is 0.465 e.